The third-order valence-electron chi connectivity index (χ3n) is 7.01. The Hall–Kier alpha value is -4.46. The molecule has 0 spiro atoms. The van der Waals surface area contributed by atoms with E-state index in [2.05, 4.69) is 38.6 Å². The zero-order valence-electron chi connectivity index (χ0n) is 20.9. The van der Waals surface area contributed by atoms with E-state index in [-0.39, 0.29) is 11.9 Å². The van der Waals surface area contributed by atoms with Gasteiger partial charge in [-0.05, 0) is 36.8 Å². The minimum atomic E-state index is -0.0245. The van der Waals surface area contributed by atoms with Gasteiger partial charge in [0.1, 0.15) is 11.6 Å². The fraction of sp³-hybridized carbons (Fsp3) is 0.241. The fourth-order valence-electron chi connectivity index (χ4n) is 5.14. The zero-order chi connectivity index (χ0) is 25.4. The van der Waals surface area contributed by atoms with Crippen molar-refractivity contribution < 1.29 is 9.53 Å². The van der Waals surface area contributed by atoms with Crippen LogP contribution in [-0.2, 0) is 6.42 Å². The number of carbonyl (C=O) groups is 1. The molecule has 1 aliphatic heterocycles. The van der Waals surface area contributed by atoms with Crippen LogP contribution in [-0.4, -0.2) is 63.2 Å². The maximum atomic E-state index is 13.4. The molecule has 5 aromatic rings. The maximum Gasteiger partial charge on any atom is 0.257 e. The number of methoxy groups -OCH3 is 1. The van der Waals surface area contributed by atoms with Crippen molar-refractivity contribution in [3.05, 3.63) is 95.8 Å². The number of hydrogen-bond acceptors (Lipinski definition) is 6. The monoisotopic (exact) mass is 492 g/mol. The van der Waals surface area contributed by atoms with Gasteiger partial charge in [0.25, 0.3) is 5.91 Å². The van der Waals surface area contributed by atoms with Crippen LogP contribution in [0.2, 0.25) is 0 Å². The number of para-hydroxylation sites is 2. The number of aromatic nitrogens is 4. The van der Waals surface area contributed by atoms with Crippen molar-refractivity contribution >= 4 is 28.4 Å². The molecule has 0 aliphatic carbocycles. The van der Waals surface area contributed by atoms with E-state index in [0.717, 1.165) is 33.9 Å². The molecule has 6 rings (SSSR count). The molecule has 0 bridgehead atoms. The molecule has 2 aromatic heterocycles. The minimum absolute atomic E-state index is 0.0183. The van der Waals surface area contributed by atoms with Gasteiger partial charge in [0.05, 0.1) is 18.2 Å². The molecule has 1 atom stereocenters. The molecule has 3 aromatic carbocycles. The first-order valence-corrected chi connectivity index (χ1v) is 12.5. The zero-order valence-corrected chi connectivity index (χ0v) is 20.9. The molecule has 0 saturated carbocycles. The Morgan fingerprint density at radius 2 is 1.70 bits per heavy atom. The average Bonchev–Trinajstić information content (AvgIpc) is 3.36. The van der Waals surface area contributed by atoms with Gasteiger partial charge in [0.15, 0.2) is 5.65 Å². The Morgan fingerprint density at radius 1 is 0.946 bits per heavy atom. The van der Waals surface area contributed by atoms with Crippen molar-refractivity contribution in [1.29, 1.82) is 0 Å². The lowest BCUT2D eigenvalue weighted by molar-refractivity contribution is 0.0669. The van der Waals surface area contributed by atoms with Gasteiger partial charge in [-0.3, -0.25) is 4.79 Å². The van der Waals surface area contributed by atoms with Gasteiger partial charge in [-0.1, -0.05) is 54.6 Å². The molecule has 1 saturated heterocycles. The Labute approximate surface area is 215 Å². The smallest absolute Gasteiger partial charge is 0.257 e. The summed E-state index contributed by atoms with van der Waals surface area (Å²) in [7, 11) is 1.59. The highest BCUT2D eigenvalue weighted by Gasteiger charge is 2.31. The third kappa shape index (κ3) is 4.14. The van der Waals surface area contributed by atoms with Crippen LogP contribution in [0.15, 0.2) is 78.9 Å². The van der Waals surface area contributed by atoms with Gasteiger partial charge in [-0.15, -0.1) is 10.2 Å². The van der Waals surface area contributed by atoms with Gasteiger partial charge in [0.2, 0.25) is 5.95 Å². The second kappa shape index (κ2) is 9.54. The van der Waals surface area contributed by atoms with Crippen molar-refractivity contribution in [2.24, 2.45) is 0 Å². The molecule has 186 valence electrons. The molecular weight excluding hydrogens is 464 g/mol. The Kier molecular flexibility index (Phi) is 5.92. The molecule has 0 N–H and O–H groups in total. The Balaban J connectivity index is 1.36. The van der Waals surface area contributed by atoms with Crippen molar-refractivity contribution in [2.45, 2.75) is 19.4 Å². The Morgan fingerprint density at radius 3 is 2.51 bits per heavy atom. The molecular formula is C29H28N6O2. The van der Waals surface area contributed by atoms with Crippen LogP contribution in [0.4, 0.5) is 5.95 Å². The summed E-state index contributed by atoms with van der Waals surface area (Å²) in [6, 6.07) is 25.7. The van der Waals surface area contributed by atoms with E-state index in [9.17, 15) is 4.79 Å². The predicted molar refractivity (Wildman–Crippen MR) is 143 cm³/mol. The maximum absolute atomic E-state index is 13.4. The number of benzene rings is 3. The normalized spacial score (nSPS) is 15.9. The highest BCUT2D eigenvalue weighted by molar-refractivity contribution is 5.97. The third-order valence-corrected chi connectivity index (χ3v) is 7.01. The molecule has 8 heteroatoms. The van der Waals surface area contributed by atoms with Gasteiger partial charge in [-0.25, -0.2) is 9.38 Å². The fourth-order valence-corrected chi connectivity index (χ4v) is 5.14. The van der Waals surface area contributed by atoms with Crippen LogP contribution in [0.3, 0.4) is 0 Å². The van der Waals surface area contributed by atoms with Gasteiger partial charge in [-0.2, -0.15) is 0 Å². The molecule has 3 heterocycles. The second-order valence-corrected chi connectivity index (χ2v) is 9.36. The van der Waals surface area contributed by atoms with Crippen molar-refractivity contribution in [3.63, 3.8) is 0 Å². The quantitative estimate of drug-likeness (QED) is 0.366. The number of amides is 1. The topological polar surface area (TPSA) is 75.9 Å². The van der Waals surface area contributed by atoms with Crippen LogP contribution in [0.5, 0.6) is 5.75 Å². The van der Waals surface area contributed by atoms with Crippen LogP contribution >= 0.6 is 0 Å². The van der Waals surface area contributed by atoms with Gasteiger partial charge >= 0.3 is 0 Å². The summed E-state index contributed by atoms with van der Waals surface area (Å²) in [4.78, 5) is 22.7. The van der Waals surface area contributed by atoms with Gasteiger partial charge < -0.3 is 14.5 Å². The van der Waals surface area contributed by atoms with Crippen molar-refractivity contribution in [3.8, 4) is 5.75 Å². The van der Waals surface area contributed by atoms with Crippen molar-refractivity contribution in [2.75, 3.05) is 31.6 Å². The highest BCUT2D eigenvalue weighted by Crippen LogP contribution is 2.28. The summed E-state index contributed by atoms with van der Waals surface area (Å²) < 4.78 is 7.52. The number of ether oxygens (including phenoxy) is 1. The lowest BCUT2D eigenvalue weighted by Gasteiger charge is -2.40. The first kappa shape index (κ1) is 23.0. The van der Waals surface area contributed by atoms with Crippen LogP contribution in [0.1, 0.15) is 28.7 Å². The molecule has 1 aliphatic rings. The molecule has 1 unspecified atom stereocenters. The van der Waals surface area contributed by atoms with Crippen LogP contribution in [0.25, 0.3) is 16.6 Å². The van der Waals surface area contributed by atoms with Crippen LogP contribution < -0.4 is 9.64 Å². The largest absolute Gasteiger partial charge is 0.496 e. The van der Waals surface area contributed by atoms with E-state index in [1.54, 1.807) is 7.11 Å². The number of nitrogens with zero attached hydrogens (tertiary/aromatic N) is 6. The average molecular weight is 493 g/mol. The number of hydrogen-bond donors (Lipinski definition) is 0. The van der Waals surface area contributed by atoms with Crippen molar-refractivity contribution in [1.82, 2.24) is 24.5 Å². The lowest BCUT2D eigenvalue weighted by Crippen LogP contribution is -2.54. The van der Waals surface area contributed by atoms with E-state index in [4.69, 9.17) is 9.72 Å². The molecule has 0 radical (unpaired) electrons. The number of anilines is 1. The number of piperazine rings is 1. The van der Waals surface area contributed by atoms with E-state index in [1.165, 1.54) is 0 Å². The Bertz CT molecular complexity index is 1580. The van der Waals surface area contributed by atoms with Crippen LogP contribution in [0, 0.1) is 0 Å². The highest BCUT2D eigenvalue weighted by atomic mass is 16.5. The summed E-state index contributed by atoms with van der Waals surface area (Å²) in [6.45, 7) is 3.94. The summed E-state index contributed by atoms with van der Waals surface area (Å²) in [5.74, 6) is 2.22. The van der Waals surface area contributed by atoms with Gasteiger partial charge in [0, 0.05) is 37.5 Å². The van der Waals surface area contributed by atoms with E-state index >= 15 is 0 Å². The molecule has 37 heavy (non-hydrogen) atoms. The van der Waals surface area contributed by atoms with E-state index in [0.29, 0.717) is 37.4 Å². The van der Waals surface area contributed by atoms with E-state index in [1.807, 2.05) is 71.6 Å². The molecule has 8 nitrogen and oxygen atoms in total. The van der Waals surface area contributed by atoms with E-state index < -0.39 is 0 Å². The predicted octanol–water partition coefficient (Wildman–Crippen LogP) is 4.23. The summed E-state index contributed by atoms with van der Waals surface area (Å²) in [5, 5.41) is 10.1. The lowest BCUT2D eigenvalue weighted by atomic mass is 10.1. The first-order chi connectivity index (χ1) is 18.1. The standard InChI is InChI=1S/C29H28N6O2/c1-20-19-33(16-17-34(20)28(36)23-13-7-9-15-25(23)37-2)29-30-24-14-8-6-12-22(24)27-32-31-26(35(27)29)18-21-10-4-3-5-11-21/h3-15,20H,16-19H2,1-2H3. The SMILES string of the molecule is COc1ccccc1C(=O)N1CCN(c2nc3ccccc3c3nnc(Cc4ccccc4)n23)CC1C. The summed E-state index contributed by atoms with van der Waals surface area (Å²) >= 11 is 0. The first-order valence-electron chi connectivity index (χ1n) is 12.5. The summed E-state index contributed by atoms with van der Waals surface area (Å²) in [5.41, 5.74) is 3.42. The second-order valence-electron chi connectivity index (χ2n) is 9.36. The molecule has 1 amide bonds. The molecule has 1 fully saturated rings. The number of carbonyl (C=O) groups excluding carboxylic acids is 1. The number of fused-ring (bicyclic) bond motifs is 3. The number of rotatable bonds is 5. The minimum Gasteiger partial charge on any atom is -0.496 e. The summed E-state index contributed by atoms with van der Waals surface area (Å²) in [6.07, 6.45) is 0.650.